The number of thiol groups is 1. The third kappa shape index (κ3) is 0.952. The van der Waals surface area contributed by atoms with Crippen molar-refractivity contribution in [3.63, 3.8) is 0 Å². The van der Waals surface area contributed by atoms with Gasteiger partial charge < -0.3 is 0 Å². The van der Waals surface area contributed by atoms with Crippen LogP contribution in [0.5, 0.6) is 0 Å². The maximum atomic E-state index is 4.21. The lowest BCUT2D eigenvalue weighted by Gasteiger charge is -2.06. The van der Waals surface area contributed by atoms with Crippen LogP contribution in [0, 0.1) is 0 Å². The van der Waals surface area contributed by atoms with Crippen LogP contribution < -0.4 is 5.53 Å². The second kappa shape index (κ2) is 1.95. The average molecular weight is 132 g/mol. The standard InChI is InChI=1S/C4H9N3S/c1-6-3-4(8)7(2)5-6/h3-5H,1-2H3/p+1. The molecule has 0 bridgehead atoms. The van der Waals surface area contributed by atoms with Gasteiger partial charge in [-0.05, 0) is 0 Å². The highest BCUT2D eigenvalue weighted by Gasteiger charge is 2.20. The van der Waals surface area contributed by atoms with E-state index in [1.165, 1.54) is 0 Å². The molecule has 0 saturated carbocycles. The second-order valence-corrected chi connectivity index (χ2v) is 2.41. The van der Waals surface area contributed by atoms with Crippen LogP contribution >= 0.6 is 12.6 Å². The van der Waals surface area contributed by atoms with Crippen LogP contribution in [0.15, 0.2) is 0 Å². The molecular weight excluding hydrogens is 122 g/mol. The van der Waals surface area contributed by atoms with E-state index in [-0.39, 0.29) is 5.37 Å². The van der Waals surface area contributed by atoms with Gasteiger partial charge in [-0.1, -0.05) is 0 Å². The van der Waals surface area contributed by atoms with Crippen molar-refractivity contribution >= 4 is 18.8 Å². The van der Waals surface area contributed by atoms with E-state index >= 15 is 0 Å². The number of hydrogen-bond donors (Lipinski definition) is 2. The molecule has 8 heavy (non-hydrogen) atoms. The lowest BCUT2D eigenvalue weighted by atomic mass is 10.7. The largest absolute Gasteiger partial charge is 0.200 e. The van der Waals surface area contributed by atoms with Gasteiger partial charge in [0.2, 0.25) is 0 Å². The van der Waals surface area contributed by atoms with Gasteiger partial charge in [-0.25, -0.2) is 0 Å². The molecular formula is C4H10N3S+. The van der Waals surface area contributed by atoms with E-state index in [0.717, 1.165) is 0 Å². The predicted molar refractivity (Wildman–Crippen MR) is 35.9 cm³/mol. The number of hydrogen-bond acceptors (Lipinski definition) is 3. The Labute approximate surface area is 54.3 Å². The summed E-state index contributed by atoms with van der Waals surface area (Å²) in [5.74, 6) is 0. The van der Waals surface area contributed by atoms with Gasteiger partial charge in [0.1, 0.15) is 0 Å². The third-order valence-corrected chi connectivity index (χ3v) is 1.55. The highest BCUT2D eigenvalue weighted by molar-refractivity contribution is 7.81. The zero-order chi connectivity index (χ0) is 6.15. The van der Waals surface area contributed by atoms with Gasteiger partial charge in [-0.3, -0.25) is 0 Å². The van der Waals surface area contributed by atoms with Crippen molar-refractivity contribution in [1.82, 2.24) is 10.5 Å². The van der Waals surface area contributed by atoms with Gasteiger partial charge in [-0.2, -0.15) is 5.01 Å². The summed E-state index contributed by atoms with van der Waals surface area (Å²) >= 11 is 4.21. The summed E-state index contributed by atoms with van der Waals surface area (Å²) in [6.07, 6.45) is 1.98. The maximum Gasteiger partial charge on any atom is 0.200 e. The molecule has 1 N–H and O–H groups in total. The minimum absolute atomic E-state index is 0.208. The Hall–Kier alpha value is -0.220. The molecule has 1 rings (SSSR count). The monoisotopic (exact) mass is 132 g/mol. The van der Waals surface area contributed by atoms with Crippen molar-refractivity contribution in [3.05, 3.63) is 0 Å². The third-order valence-electron chi connectivity index (χ3n) is 1.07. The van der Waals surface area contributed by atoms with E-state index in [2.05, 4.69) is 18.2 Å². The molecule has 0 aromatic rings. The van der Waals surface area contributed by atoms with E-state index in [4.69, 9.17) is 0 Å². The van der Waals surface area contributed by atoms with Crippen LogP contribution in [0.2, 0.25) is 0 Å². The summed E-state index contributed by atoms with van der Waals surface area (Å²) in [6.45, 7) is 0. The van der Waals surface area contributed by atoms with Crippen molar-refractivity contribution in [2.75, 3.05) is 14.1 Å². The van der Waals surface area contributed by atoms with Gasteiger partial charge in [0.15, 0.2) is 18.6 Å². The molecule has 0 radical (unpaired) electrons. The molecule has 1 unspecified atom stereocenters. The van der Waals surface area contributed by atoms with Crippen LogP contribution in [-0.4, -0.2) is 35.4 Å². The molecule has 1 aliphatic heterocycles. The quantitative estimate of drug-likeness (QED) is 0.336. The summed E-state index contributed by atoms with van der Waals surface area (Å²) in [6, 6.07) is 0. The van der Waals surface area contributed by atoms with E-state index in [1.54, 1.807) is 0 Å². The number of hydrazine groups is 2. The molecule has 0 saturated heterocycles. The molecule has 1 aliphatic rings. The number of nitrogens with one attached hydrogen (secondary N) is 1. The lowest BCUT2D eigenvalue weighted by Crippen LogP contribution is -2.35. The molecule has 1 atom stereocenters. The van der Waals surface area contributed by atoms with E-state index < -0.39 is 0 Å². The first kappa shape index (κ1) is 5.91. The van der Waals surface area contributed by atoms with E-state index in [0.29, 0.717) is 0 Å². The fraction of sp³-hybridized carbons (Fsp3) is 0.750. The van der Waals surface area contributed by atoms with Gasteiger partial charge in [0.05, 0.1) is 0 Å². The van der Waals surface area contributed by atoms with Crippen molar-refractivity contribution in [2.24, 2.45) is 0 Å². The van der Waals surface area contributed by atoms with Gasteiger partial charge in [0, 0.05) is 7.05 Å². The molecule has 4 heteroatoms. The molecule has 0 amide bonds. The van der Waals surface area contributed by atoms with Crippen molar-refractivity contribution < 1.29 is 4.68 Å². The van der Waals surface area contributed by atoms with Crippen LogP contribution in [0.3, 0.4) is 0 Å². The Morgan fingerprint density at radius 2 is 2.50 bits per heavy atom. The fourth-order valence-electron chi connectivity index (χ4n) is 0.641. The normalized spacial score (nSPS) is 29.9. The molecule has 3 nitrogen and oxygen atoms in total. The first-order valence-electron chi connectivity index (χ1n) is 2.45. The smallest absolute Gasteiger partial charge is 0.155 e. The lowest BCUT2D eigenvalue weighted by molar-refractivity contribution is -0.572. The van der Waals surface area contributed by atoms with Gasteiger partial charge in [0.25, 0.3) is 0 Å². The minimum Gasteiger partial charge on any atom is -0.155 e. The Kier molecular flexibility index (Phi) is 1.44. The summed E-state index contributed by atoms with van der Waals surface area (Å²) in [5.41, 5.74) is 3.00. The molecule has 0 aromatic carbocycles. The average Bonchev–Trinajstić information content (AvgIpc) is 1.85. The van der Waals surface area contributed by atoms with Gasteiger partial charge >= 0.3 is 0 Å². The molecule has 0 spiro atoms. The molecule has 0 fully saturated rings. The molecule has 46 valence electrons. The number of rotatable bonds is 0. The van der Waals surface area contributed by atoms with Crippen molar-refractivity contribution in [2.45, 2.75) is 5.37 Å². The first-order valence-corrected chi connectivity index (χ1v) is 2.97. The summed E-state index contributed by atoms with van der Waals surface area (Å²) in [5, 5.41) is 2.11. The van der Waals surface area contributed by atoms with Crippen molar-refractivity contribution in [3.8, 4) is 0 Å². The van der Waals surface area contributed by atoms with Crippen LogP contribution in [0.4, 0.5) is 0 Å². The number of hydrazone groups is 1. The van der Waals surface area contributed by atoms with Crippen LogP contribution in [-0.2, 0) is 0 Å². The Morgan fingerprint density at radius 1 is 1.88 bits per heavy atom. The van der Waals surface area contributed by atoms with Crippen LogP contribution in [0.1, 0.15) is 0 Å². The van der Waals surface area contributed by atoms with E-state index in [9.17, 15) is 0 Å². The SMILES string of the molecule is CN1N[N+](C)=CC1S. The molecule has 0 aliphatic carbocycles. The topological polar surface area (TPSA) is 18.3 Å². The van der Waals surface area contributed by atoms with Gasteiger partial charge in [-0.15, -0.1) is 22.8 Å². The Balaban J connectivity index is 2.56. The highest BCUT2D eigenvalue weighted by atomic mass is 32.1. The second-order valence-electron chi connectivity index (χ2n) is 1.88. The predicted octanol–water partition coefficient (Wildman–Crippen LogP) is -0.680. The highest BCUT2D eigenvalue weighted by Crippen LogP contribution is 1.97. The van der Waals surface area contributed by atoms with Crippen LogP contribution in [0.25, 0.3) is 0 Å². The maximum absolute atomic E-state index is 4.21. The first-order chi connectivity index (χ1) is 3.70. The molecule has 1 heterocycles. The Bertz CT molecular complexity index is 122. The summed E-state index contributed by atoms with van der Waals surface area (Å²) in [7, 11) is 3.88. The number of nitrogens with zero attached hydrogens (tertiary/aromatic N) is 2. The minimum atomic E-state index is 0.208. The van der Waals surface area contributed by atoms with E-state index in [1.807, 2.05) is 30.0 Å². The zero-order valence-corrected chi connectivity index (χ0v) is 5.89. The molecule has 0 aromatic heterocycles. The van der Waals surface area contributed by atoms with Crippen molar-refractivity contribution in [1.29, 1.82) is 0 Å². The summed E-state index contributed by atoms with van der Waals surface area (Å²) < 4.78 is 1.87. The summed E-state index contributed by atoms with van der Waals surface area (Å²) in [4.78, 5) is 0. The Morgan fingerprint density at radius 3 is 2.62 bits per heavy atom. The zero-order valence-electron chi connectivity index (χ0n) is 5.00. The fourth-order valence-corrected chi connectivity index (χ4v) is 0.893.